The molecular formula is C29H31N3O3. The molecule has 35 heavy (non-hydrogen) atoms. The minimum Gasteiger partial charge on any atom is -0.467 e. The van der Waals surface area contributed by atoms with Crippen molar-refractivity contribution in [1.29, 1.82) is 0 Å². The first-order valence-electron chi connectivity index (χ1n) is 12.3. The maximum Gasteiger partial charge on any atom is 0.224 e. The number of furan rings is 1. The number of hydrogen-bond donors (Lipinski definition) is 1. The van der Waals surface area contributed by atoms with Crippen LogP contribution in [0.4, 0.5) is 17.1 Å². The fraction of sp³-hybridized carbons (Fsp3) is 0.310. The zero-order valence-electron chi connectivity index (χ0n) is 20.5. The van der Waals surface area contributed by atoms with Gasteiger partial charge in [-0.2, -0.15) is 0 Å². The van der Waals surface area contributed by atoms with E-state index >= 15 is 0 Å². The number of amides is 1. The van der Waals surface area contributed by atoms with E-state index in [0.29, 0.717) is 24.2 Å². The minimum absolute atomic E-state index is 0.0389. The van der Waals surface area contributed by atoms with Crippen LogP contribution in [0.3, 0.4) is 0 Å². The Morgan fingerprint density at radius 1 is 1.03 bits per heavy atom. The predicted molar refractivity (Wildman–Crippen MR) is 139 cm³/mol. The third-order valence-electron chi connectivity index (χ3n) is 7.13. The van der Waals surface area contributed by atoms with Crippen molar-refractivity contribution in [3.8, 4) is 0 Å². The van der Waals surface area contributed by atoms with Crippen molar-refractivity contribution in [2.45, 2.75) is 45.6 Å². The van der Waals surface area contributed by atoms with Gasteiger partial charge in [0, 0.05) is 43.4 Å². The van der Waals surface area contributed by atoms with Crippen LogP contribution in [0.25, 0.3) is 0 Å². The summed E-state index contributed by atoms with van der Waals surface area (Å²) in [6.45, 7) is 7.75. The molecule has 2 aliphatic rings. The lowest BCUT2D eigenvalue weighted by molar-refractivity contribution is -0.117. The number of hydrogen-bond acceptors (Lipinski definition) is 5. The van der Waals surface area contributed by atoms with Crippen LogP contribution >= 0.6 is 0 Å². The molecule has 0 spiro atoms. The molecule has 6 heteroatoms. The Morgan fingerprint density at radius 2 is 1.77 bits per heavy atom. The molecule has 6 nitrogen and oxygen atoms in total. The van der Waals surface area contributed by atoms with Gasteiger partial charge in [0.2, 0.25) is 5.91 Å². The fourth-order valence-electron chi connectivity index (χ4n) is 5.44. The van der Waals surface area contributed by atoms with Crippen molar-refractivity contribution in [1.82, 2.24) is 0 Å². The summed E-state index contributed by atoms with van der Waals surface area (Å²) in [5, 5.41) is 3.53. The zero-order valence-corrected chi connectivity index (χ0v) is 20.5. The molecule has 5 rings (SSSR count). The average Bonchev–Trinajstić information content (AvgIpc) is 3.34. The Bertz CT molecular complexity index is 1260. The van der Waals surface area contributed by atoms with E-state index in [0.717, 1.165) is 35.7 Å². The summed E-state index contributed by atoms with van der Waals surface area (Å²) in [6, 6.07) is 19.3. The number of nitrogens with zero attached hydrogens (tertiary/aromatic N) is 2. The Morgan fingerprint density at radius 3 is 2.43 bits per heavy atom. The number of nitrogens with one attached hydrogen (secondary N) is 1. The average molecular weight is 470 g/mol. The Hall–Kier alpha value is -3.80. The number of fused-ring (bicyclic) bond motifs is 1. The third kappa shape index (κ3) is 4.14. The van der Waals surface area contributed by atoms with E-state index in [9.17, 15) is 9.59 Å². The maximum atomic E-state index is 13.8. The van der Waals surface area contributed by atoms with Gasteiger partial charge in [-0.1, -0.05) is 24.3 Å². The second kappa shape index (κ2) is 9.45. The largest absolute Gasteiger partial charge is 0.467 e. The third-order valence-corrected chi connectivity index (χ3v) is 7.13. The highest BCUT2D eigenvalue weighted by atomic mass is 16.3. The molecule has 0 bridgehead atoms. The summed E-state index contributed by atoms with van der Waals surface area (Å²) in [4.78, 5) is 30.7. The Balaban J connectivity index is 1.57. The number of ketones is 1. The van der Waals surface area contributed by atoms with Crippen molar-refractivity contribution in [2.24, 2.45) is 0 Å². The van der Waals surface area contributed by atoms with Gasteiger partial charge in [-0.15, -0.1) is 0 Å². The smallest absolute Gasteiger partial charge is 0.224 e. The predicted octanol–water partition coefficient (Wildman–Crippen LogP) is 6.05. The van der Waals surface area contributed by atoms with Crippen LogP contribution in [0, 0.1) is 0 Å². The summed E-state index contributed by atoms with van der Waals surface area (Å²) in [5.74, 6) is 0.544. The van der Waals surface area contributed by atoms with E-state index in [2.05, 4.69) is 48.3 Å². The maximum absolute atomic E-state index is 13.8. The normalized spacial score (nSPS) is 19.5. The summed E-state index contributed by atoms with van der Waals surface area (Å²) >= 11 is 0. The fourth-order valence-corrected chi connectivity index (χ4v) is 5.44. The van der Waals surface area contributed by atoms with Crippen LogP contribution < -0.4 is 15.1 Å². The van der Waals surface area contributed by atoms with Crippen molar-refractivity contribution >= 4 is 28.8 Å². The van der Waals surface area contributed by atoms with Gasteiger partial charge in [0.05, 0.1) is 17.6 Å². The molecule has 180 valence electrons. The Labute approximate surface area is 206 Å². The number of Topliss-reactive ketones (excluding diaryl/α,β-unsaturated/α-hetero) is 1. The molecule has 3 aromatic rings. The molecule has 0 fully saturated rings. The van der Waals surface area contributed by atoms with Crippen LogP contribution in [-0.2, 0) is 9.59 Å². The summed E-state index contributed by atoms with van der Waals surface area (Å²) < 4.78 is 5.78. The van der Waals surface area contributed by atoms with Crippen LogP contribution in [0.15, 0.2) is 82.6 Å². The molecule has 1 amide bonds. The second-order valence-electron chi connectivity index (χ2n) is 9.13. The molecule has 1 aliphatic carbocycles. The molecule has 1 aliphatic heterocycles. The molecule has 1 aromatic heterocycles. The molecule has 1 N–H and O–H groups in total. The first-order chi connectivity index (χ1) is 17.0. The summed E-state index contributed by atoms with van der Waals surface area (Å²) in [7, 11) is 0. The van der Waals surface area contributed by atoms with Gasteiger partial charge in [-0.25, -0.2) is 0 Å². The molecule has 0 saturated heterocycles. The molecule has 2 atom stereocenters. The number of carbonyl (C=O) groups excluding carboxylic acids is 2. The van der Waals surface area contributed by atoms with E-state index < -0.39 is 6.04 Å². The van der Waals surface area contributed by atoms with Crippen LogP contribution in [-0.4, -0.2) is 24.8 Å². The van der Waals surface area contributed by atoms with E-state index in [1.165, 1.54) is 12.6 Å². The Kier molecular flexibility index (Phi) is 6.20. The van der Waals surface area contributed by atoms with Crippen LogP contribution in [0.1, 0.15) is 56.9 Å². The first-order valence-corrected chi connectivity index (χ1v) is 12.3. The number of rotatable bonds is 5. The van der Waals surface area contributed by atoms with E-state index in [4.69, 9.17) is 4.42 Å². The van der Waals surface area contributed by atoms with Crippen molar-refractivity contribution in [3.63, 3.8) is 0 Å². The molecule has 0 unspecified atom stereocenters. The lowest BCUT2D eigenvalue weighted by atomic mass is 9.79. The van der Waals surface area contributed by atoms with Gasteiger partial charge >= 0.3 is 0 Å². The SMILES string of the molecule is CCN(CC)c1ccc([C@@H]2CC(=O)C3=C(C2)Nc2ccccc2N(C(C)=O)[C@H]3c2ccco2)cc1. The molecule has 0 radical (unpaired) electrons. The monoisotopic (exact) mass is 469 g/mol. The molecule has 2 aromatic carbocycles. The highest BCUT2D eigenvalue weighted by Crippen LogP contribution is 2.47. The van der Waals surface area contributed by atoms with Gasteiger partial charge in [0.15, 0.2) is 5.78 Å². The molecule has 0 saturated carbocycles. The van der Waals surface area contributed by atoms with Crippen molar-refractivity contribution in [2.75, 3.05) is 28.2 Å². The van der Waals surface area contributed by atoms with Gasteiger partial charge in [-0.3, -0.25) is 14.5 Å². The number of benzene rings is 2. The van der Waals surface area contributed by atoms with E-state index in [1.54, 1.807) is 17.2 Å². The lowest BCUT2D eigenvalue weighted by Crippen LogP contribution is -2.37. The van der Waals surface area contributed by atoms with Gasteiger partial charge in [-0.05, 0) is 68.1 Å². The molecule has 2 heterocycles. The quantitative estimate of drug-likeness (QED) is 0.493. The number of para-hydroxylation sites is 2. The first kappa shape index (κ1) is 23.0. The second-order valence-corrected chi connectivity index (χ2v) is 9.13. The number of anilines is 3. The van der Waals surface area contributed by atoms with E-state index in [-0.39, 0.29) is 17.6 Å². The summed E-state index contributed by atoms with van der Waals surface area (Å²) in [5.41, 5.74) is 5.37. The van der Waals surface area contributed by atoms with Gasteiger partial charge in [0.25, 0.3) is 0 Å². The van der Waals surface area contributed by atoms with E-state index in [1.807, 2.05) is 30.3 Å². The lowest BCUT2D eigenvalue weighted by Gasteiger charge is -2.33. The topological polar surface area (TPSA) is 65.8 Å². The minimum atomic E-state index is -0.604. The summed E-state index contributed by atoms with van der Waals surface area (Å²) in [6.07, 6.45) is 2.67. The van der Waals surface area contributed by atoms with Crippen molar-refractivity contribution < 1.29 is 14.0 Å². The zero-order chi connectivity index (χ0) is 24.5. The van der Waals surface area contributed by atoms with Crippen molar-refractivity contribution in [3.05, 3.63) is 89.5 Å². The number of carbonyl (C=O) groups is 2. The standard InChI is InChI=1S/C29H31N3O3/c1-4-31(5-2)22-14-12-20(13-15-22)21-17-24-28(26(34)18-21)29(27-11-8-16-35-27)32(19(3)33)25-10-7-6-9-23(25)30-24/h6-16,21,29-30H,4-5,17-18H2,1-3H3/t21-,29-/m0/s1. The van der Waals surface area contributed by atoms with Gasteiger partial charge < -0.3 is 14.6 Å². The van der Waals surface area contributed by atoms with Gasteiger partial charge in [0.1, 0.15) is 11.8 Å². The van der Waals surface area contributed by atoms with Crippen LogP contribution in [0.2, 0.25) is 0 Å². The highest BCUT2D eigenvalue weighted by Gasteiger charge is 2.42. The molecular weight excluding hydrogens is 438 g/mol. The van der Waals surface area contributed by atoms with Crippen LogP contribution in [0.5, 0.6) is 0 Å². The number of allylic oxidation sites excluding steroid dienone is 1. The highest BCUT2D eigenvalue weighted by molar-refractivity contribution is 6.05.